The van der Waals surface area contributed by atoms with Gasteiger partial charge < -0.3 is 9.84 Å². The number of hydrogen-bond donors (Lipinski definition) is 1. The SMILES string of the molecule is CC[C@@H]1[C@H]2[C@H]3Cc4ccc(O)c5c4[C@@]2(CCN3CC2CCC2)[C@@H](O5)C(=O)C1(C)C. The molecule has 0 radical (unpaired) electrons. The monoisotopic (exact) mass is 395 g/mol. The highest BCUT2D eigenvalue weighted by Crippen LogP contribution is 2.67. The highest BCUT2D eigenvalue weighted by molar-refractivity contribution is 5.94. The van der Waals surface area contributed by atoms with E-state index in [1.165, 1.54) is 36.9 Å². The van der Waals surface area contributed by atoms with E-state index in [4.69, 9.17) is 4.74 Å². The molecule has 2 aliphatic heterocycles. The Labute approximate surface area is 173 Å². The Morgan fingerprint density at radius 3 is 2.76 bits per heavy atom. The number of piperidine rings is 1. The zero-order valence-electron chi connectivity index (χ0n) is 17.9. The smallest absolute Gasteiger partial charge is 0.180 e. The van der Waals surface area contributed by atoms with Gasteiger partial charge in [0.15, 0.2) is 23.4 Å². The van der Waals surface area contributed by atoms with Crippen LogP contribution < -0.4 is 4.74 Å². The van der Waals surface area contributed by atoms with Crippen molar-refractivity contribution in [3.63, 3.8) is 0 Å². The molecule has 6 rings (SSSR count). The first-order valence-electron chi connectivity index (χ1n) is 11.7. The third-order valence-corrected chi connectivity index (χ3v) is 9.50. The molecule has 5 aliphatic rings. The molecule has 2 bridgehead atoms. The molecule has 1 N–H and O–H groups in total. The van der Waals surface area contributed by atoms with Crippen LogP contribution in [0.2, 0.25) is 0 Å². The number of ketones is 1. The van der Waals surface area contributed by atoms with Gasteiger partial charge in [-0.3, -0.25) is 9.69 Å². The number of benzene rings is 1. The van der Waals surface area contributed by atoms with Gasteiger partial charge >= 0.3 is 0 Å². The summed E-state index contributed by atoms with van der Waals surface area (Å²) in [6.45, 7) is 8.82. The second kappa shape index (κ2) is 5.78. The Morgan fingerprint density at radius 1 is 1.28 bits per heavy atom. The molecule has 1 saturated heterocycles. The van der Waals surface area contributed by atoms with Crippen molar-refractivity contribution < 1.29 is 14.6 Å². The maximum absolute atomic E-state index is 13.7. The molecule has 1 spiro atoms. The molecule has 3 aliphatic carbocycles. The Morgan fingerprint density at radius 2 is 2.07 bits per heavy atom. The van der Waals surface area contributed by atoms with Crippen molar-refractivity contribution in [3.8, 4) is 11.5 Å². The van der Waals surface area contributed by atoms with Crippen LogP contribution in [0.3, 0.4) is 0 Å². The molecular weight excluding hydrogens is 362 g/mol. The summed E-state index contributed by atoms with van der Waals surface area (Å²) in [6, 6.07) is 4.36. The van der Waals surface area contributed by atoms with Gasteiger partial charge in [0, 0.05) is 29.0 Å². The van der Waals surface area contributed by atoms with Gasteiger partial charge in [0.05, 0.1) is 0 Å². The molecule has 5 atom stereocenters. The van der Waals surface area contributed by atoms with Crippen molar-refractivity contribution in [2.24, 2.45) is 23.2 Å². The number of nitrogens with zero attached hydrogens (tertiary/aromatic N) is 1. The van der Waals surface area contributed by atoms with E-state index in [0.717, 1.165) is 31.7 Å². The minimum absolute atomic E-state index is 0.209. The number of phenols is 1. The average Bonchev–Trinajstić information content (AvgIpc) is 2.99. The fourth-order valence-electron chi connectivity index (χ4n) is 7.96. The molecule has 156 valence electrons. The summed E-state index contributed by atoms with van der Waals surface area (Å²) >= 11 is 0. The maximum Gasteiger partial charge on any atom is 0.180 e. The number of carbonyl (C=O) groups excluding carboxylic acids is 1. The zero-order valence-corrected chi connectivity index (χ0v) is 17.9. The molecule has 3 fully saturated rings. The van der Waals surface area contributed by atoms with Gasteiger partial charge in [-0.1, -0.05) is 39.7 Å². The van der Waals surface area contributed by atoms with Gasteiger partial charge in [0.2, 0.25) is 0 Å². The van der Waals surface area contributed by atoms with Crippen LogP contribution in [0.4, 0.5) is 0 Å². The van der Waals surface area contributed by atoms with E-state index in [9.17, 15) is 9.90 Å². The summed E-state index contributed by atoms with van der Waals surface area (Å²) in [5.74, 6) is 2.70. The first-order valence-corrected chi connectivity index (χ1v) is 11.7. The second-order valence-corrected chi connectivity index (χ2v) is 10.9. The number of hydrogen-bond acceptors (Lipinski definition) is 4. The van der Waals surface area contributed by atoms with Crippen LogP contribution in [0.15, 0.2) is 12.1 Å². The summed E-state index contributed by atoms with van der Waals surface area (Å²) in [5, 5.41) is 10.6. The van der Waals surface area contributed by atoms with Gasteiger partial charge in [0.1, 0.15) is 0 Å². The van der Waals surface area contributed by atoms with Crippen LogP contribution in [0.5, 0.6) is 11.5 Å². The number of likely N-dealkylation sites (tertiary alicyclic amines) is 1. The van der Waals surface area contributed by atoms with Crippen LogP contribution >= 0.6 is 0 Å². The molecule has 0 aromatic heterocycles. The van der Waals surface area contributed by atoms with Gasteiger partial charge in [-0.2, -0.15) is 0 Å². The molecule has 29 heavy (non-hydrogen) atoms. The molecule has 4 nitrogen and oxygen atoms in total. The molecule has 2 saturated carbocycles. The molecule has 0 unspecified atom stereocenters. The lowest BCUT2D eigenvalue weighted by molar-refractivity contribution is -0.166. The molecular formula is C25H33NO3. The Bertz CT molecular complexity index is 888. The Balaban J connectivity index is 1.55. The summed E-state index contributed by atoms with van der Waals surface area (Å²) < 4.78 is 6.38. The topological polar surface area (TPSA) is 49.8 Å². The average molecular weight is 396 g/mol. The first kappa shape index (κ1) is 18.2. The predicted octanol–water partition coefficient (Wildman–Crippen LogP) is 4.07. The fraction of sp³-hybridized carbons (Fsp3) is 0.720. The van der Waals surface area contributed by atoms with Crippen molar-refractivity contribution >= 4 is 5.78 Å². The van der Waals surface area contributed by atoms with E-state index < -0.39 is 6.10 Å². The summed E-state index contributed by atoms with van der Waals surface area (Å²) in [4.78, 5) is 16.5. The highest BCUT2D eigenvalue weighted by Gasteiger charge is 2.71. The number of ether oxygens (including phenoxy) is 1. The molecule has 1 aromatic rings. The van der Waals surface area contributed by atoms with Crippen molar-refractivity contribution in [2.75, 3.05) is 13.1 Å². The highest BCUT2D eigenvalue weighted by atomic mass is 16.5. The Hall–Kier alpha value is -1.55. The van der Waals surface area contributed by atoms with Crippen LogP contribution in [-0.4, -0.2) is 41.0 Å². The van der Waals surface area contributed by atoms with Crippen molar-refractivity contribution in [1.82, 2.24) is 4.90 Å². The third kappa shape index (κ3) is 2.07. The lowest BCUT2D eigenvalue weighted by Gasteiger charge is -2.63. The first-order chi connectivity index (χ1) is 13.9. The standard InChI is InChI=1S/C25H33NO3/c1-4-16-20-17-12-15-8-9-18(27)21-19(15)25(20,23(29-21)22(28)24(16,2)3)10-11-26(17)13-14-6-5-7-14/h8-9,14,16-17,20,23,27H,4-7,10-13H2,1-3H3/t16-,17-,20+,23+,25-/m1/s1. The van der Waals surface area contributed by atoms with Crippen LogP contribution in [-0.2, 0) is 16.6 Å². The second-order valence-electron chi connectivity index (χ2n) is 10.9. The maximum atomic E-state index is 13.7. The Kier molecular flexibility index (Phi) is 3.63. The summed E-state index contributed by atoms with van der Waals surface area (Å²) in [6.07, 6.45) is 6.74. The number of carbonyl (C=O) groups is 1. The molecule has 1 aromatic carbocycles. The van der Waals surface area contributed by atoms with Crippen molar-refractivity contribution in [1.29, 1.82) is 0 Å². The van der Waals surface area contributed by atoms with Crippen LogP contribution in [0.1, 0.15) is 64.0 Å². The summed E-state index contributed by atoms with van der Waals surface area (Å²) in [5.41, 5.74) is 1.87. The molecule has 2 heterocycles. The van der Waals surface area contributed by atoms with Crippen molar-refractivity contribution in [3.05, 3.63) is 23.3 Å². The largest absolute Gasteiger partial charge is 0.504 e. The van der Waals surface area contributed by atoms with Gasteiger partial charge in [-0.15, -0.1) is 0 Å². The van der Waals surface area contributed by atoms with Crippen LogP contribution in [0.25, 0.3) is 0 Å². The van der Waals surface area contributed by atoms with E-state index in [1.54, 1.807) is 6.07 Å². The zero-order chi connectivity index (χ0) is 20.1. The van der Waals surface area contributed by atoms with E-state index in [1.807, 2.05) is 0 Å². The van der Waals surface area contributed by atoms with E-state index in [2.05, 4.69) is 31.7 Å². The molecule has 4 heteroatoms. The molecule has 0 amide bonds. The van der Waals surface area contributed by atoms with Crippen molar-refractivity contribution in [2.45, 2.75) is 76.9 Å². The normalized spacial score (nSPS) is 39.6. The number of aromatic hydroxyl groups is 1. The predicted molar refractivity (Wildman–Crippen MR) is 111 cm³/mol. The van der Waals surface area contributed by atoms with E-state index >= 15 is 0 Å². The van der Waals surface area contributed by atoms with E-state index in [-0.39, 0.29) is 22.4 Å². The fourth-order valence-corrected chi connectivity index (χ4v) is 7.96. The van der Waals surface area contributed by atoms with E-state index in [0.29, 0.717) is 23.6 Å². The van der Waals surface area contributed by atoms with Crippen LogP contribution in [0, 0.1) is 23.2 Å². The lowest BCUT2D eigenvalue weighted by Crippen LogP contribution is -2.72. The number of rotatable bonds is 3. The van der Waals surface area contributed by atoms with Gasteiger partial charge in [-0.25, -0.2) is 0 Å². The minimum atomic E-state index is -0.430. The third-order valence-electron chi connectivity index (χ3n) is 9.50. The van der Waals surface area contributed by atoms with Gasteiger partial charge in [-0.05, 0) is 61.6 Å². The van der Waals surface area contributed by atoms with Gasteiger partial charge in [0.25, 0.3) is 0 Å². The minimum Gasteiger partial charge on any atom is -0.504 e. The summed E-state index contributed by atoms with van der Waals surface area (Å²) in [7, 11) is 0. The number of phenolic OH excluding ortho intramolecular Hbond substituents is 1. The lowest BCUT2D eigenvalue weighted by atomic mass is 9.43. The quantitative estimate of drug-likeness (QED) is 0.838. The number of Topliss-reactive ketones (excluding diaryl/α,β-unsaturated/α-hetero) is 1.